The molecular formula is C16H26O4. The van der Waals surface area contributed by atoms with Gasteiger partial charge in [-0.3, -0.25) is 4.79 Å². The molecule has 3 rings (SSSR count). The second kappa shape index (κ2) is 3.98. The first-order valence-electron chi connectivity index (χ1n) is 7.70. The number of rotatable bonds is 0. The first kappa shape index (κ1) is 14.3. The van der Waals surface area contributed by atoms with Crippen molar-refractivity contribution in [3.8, 4) is 0 Å². The molecule has 0 radical (unpaired) electrons. The minimum atomic E-state index is -0.574. The normalized spacial score (nSPS) is 54.0. The number of fused-ring (bicyclic) bond motifs is 3. The number of aliphatic hydroxyl groups excluding tert-OH is 2. The van der Waals surface area contributed by atoms with E-state index in [-0.39, 0.29) is 28.6 Å². The zero-order valence-electron chi connectivity index (χ0n) is 12.8. The van der Waals surface area contributed by atoms with Crippen molar-refractivity contribution in [2.75, 3.05) is 0 Å². The molecule has 0 aromatic carbocycles. The summed E-state index contributed by atoms with van der Waals surface area (Å²) in [6.45, 7) is 8.29. The van der Waals surface area contributed by atoms with Crippen molar-refractivity contribution >= 4 is 5.97 Å². The third kappa shape index (κ3) is 1.58. The van der Waals surface area contributed by atoms with E-state index in [1.807, 2.05) is 6.92 Å². The Kier molecular flexibility index (Phi) is 2.85. The van der Waals surface area contributed by atoms with E-state index in [0.29, 0.717) is 12.8 Å². The average Bonchev–Trinajstić information content (AvgIpc) is 2.63. The summed E-state index contributed by atoms with van der Waals surface area (Å²) in [5.74, 6) is 0.111. The van der Waals surface area contributed by atoms with Crippen LogP contribution in [0.1, 0.15) is 53.4 Å². The number of hydrogen-bond donors (Lipinski definition) is 2. The first-order chi connectivity index (χ1) is 9.12. The molecule has 3 aliphatic rings. The molecule has 0 spiro atoms. The average molecular weight is 282 g/mol. The van der Waals surface area contributed by atoms with Gasteiger partial charge in [-0.2, -0.15) is 0 Å². The van der Waals surface area contributed by atoms with E-state index >= 15 is 0 Å². The fourth-order valence-electron chi connectivity index (χ4n) is 5.48. The molecule has 2 N–H and O–H groups in total. The number of carbonyl (C=O) groups is 1. The van der Waals surface area contributed by atoms with Crippen LogP contribution in [0.2, 0.25) is 0 Å². The van der Waals surface area contributed by atoms with Gasteiger partial charge in [0.05, 0.1) is 18.6 Å². The standard InChI is InChI=1S/C16H26O4/c1-14(2)9-5-6-15(3)10(7-13(19)20-15)16(9,4)12(18)8-11(14)17/h9-12,17-18H,5-8H2,1-4H3/t9-,10-,11-,12-,15+,16-/m0/s1. The third-order valence-corrected chi connectivity index (χ3v) is 6.81. The first-order valence-corrected chi connectivity index (χ1v) is 7.70. The summed E-state index contributed by atoms with van der Waals surface area (Å²) in [4.78, 5) is 11.8. The molecule has 2 aliphatic carbocycles. The predicted molar refractivity (Wildman–Crippen MR) is 73.8 cm³/mol. The quantitative estimate of drug-likeness (QED) is 0.666. The fraction of sp³-hybridized carbons (Fsp3) is 0.938. The number of hydrogen-bond acceptors (Lipinski definition) is 4. The summed E-state index contributed by atoms with van der Waals surface area (Å²) in [5, 5.41) is 21.0. The zero-order chi connectivity index (χ0) is 14.9. The highest BCUT2D eigenvalue weighted by Crippen LogP contribution is 2.64. The Bertz CT molecular complexity index is 446. The van der Waals surface area contributed by atoms with Gasteiger partial charge < -0.3 is 14.9 Å². The van der Waals surface area contributed by atoms with Gasteiger partial charge in [0.2, 0.25) is 0 Å². The van der Waals surface area contributed by atoms with Crippen molar-refractivity contribution < 1.29 is 19.7 Å². The molecule has 2 saturated carbocycles. The molecule has 0 aromatic rings. The number of aliphatic hydroxyl groups is 2. The van der Waals surface area contributed by atoms with E-state index in [9.17, 15) is 15.0 Å². The van der Waals surface area contributed by atoms with Crippen LogP contribution in [0.5, 0.6) is 0 Å². The van der Waals surface area contributed by atoms with Gasteiger partial charge in [0.1, 0.15) is 5.60 Å². The van der Waals surface area contributed by atoms with Crippen LogP contribution in [0.3, 0.4) is 0 Å². The predicted octanol–water partition coefficient (Wildman–Crippen LogP) is 1.88. The molecule has 0 aromatic heterocycles. The summed E-state index contributed by atoms with van der Waals surface area (Å²) < 4.78 is 5.60. The molecular weight excluding hydrogens is 256 g/mol. The van der Waals surface area contributed by atoms with Crippen molar-refractivity contribution in [2.24, 2.45) is 22.7 Å². The monoisotopic (exact) mass is 282 g/mol. The van der Waals surface area contributed by atoms with Crippen LogP contribution < -0.4 is 0 Å². The van der Waals surface area contributed by atoms with Crippen LogP contribution in [-0.4, -0.2) is 34.0 Å². The molecule has 4 heteroatoms. The highest BCUT2D eigenvalue weighted by Gasteiger charge is 2.67. The van der Waals surface area contributed by atoms with Crippen molar-refractivity contribution in [2.45, 2.75) is 71.2 Å². The van der Waals surface area contributed by atoms with Crippen LogP contribution in [0.4, 0.5) is 0 Å². The van der Waals surface area contributed by atoms with Gasteiger partial charge >= 0.3 is 5.97 Å². The summed E-state index contributed by atoms with van der Waals surface area (Å²) in [6.07, 6.45) is 1.44. The Balaban J connectivity index is 2.06. The van der Waals surface area contributed by atoms with E-state index in [4.69, 9.17) is 4.74 Å². The molecule has 0 bridgehead atoms. The third-order valence-electron chi connectivity index (χ3n) is 6.81. The van der Waals surface area contributed by atoms with E-state index in [1.165, 1.54) is 0 Å². The Morgan fingerprint density at radius 2 is 1.75 bits per heavy atom. The van der Waals surface area contributed by atoms with Gasteiger partial charge in [0.25, 0.3) is 0 Å². The van der Waals surface area contributed by atoms with Gasteiger partial charge in [-0.05, 0) is 31.1 Å². The molecule has 3 fully saturated rings. The minimum absolute atomic E-state index is 0.0445. The van der Waals surface area contributed by atoms with Crippen LogP contribution >= 0.6 is 0 Å². The molecule has 0 amide bonds. The molecule has 20 heavy (non-hydrogen) atoms. The number of ether oxygens (including phenoxy) is 1. The molecule has 1 saturated heterocycles. The van der Waals surface area contributed by atoms with E-state index in [0.717, 1.165) is 12.8 Å². The highest BCUT2D eigenvalue weighted by molar-refractivity contribution is 5.73. The lowest BCUT2D eigenvalue weighted by Crippen LogP contribution is -2.64. The van der Waals surface area contributed by atoms with Gasteiger partial charge in [0.15, 0.2) is 0 Å². The Morgan fingerprint density at radius 1 is 1.10 bits per heavy atom. The fourth-order valence-corrected chi connectivity index (χ4v) is 5.48. The van der Waals surface area contributed by atoms with Crippen molar-refractivity contribution in [1.82, 2.24) is 0 Å². The summed E-state index contributed by atoms with van der Waals surface area (Å²) in [6, 6.07) is 0. The number of carbonyl (C=O) groups excluding carboxylic acids is 1. The summed E-state index contributed by atoms with van der Waals surface area (Å²) in [5.41, 5.74) is -1.04. The summed E-state index contributed by atoms with van der Waals surface area (Å²) >= 11 is 0. The summed E-state index contributed by atoms with van der Waals surface area (Å²) in [7, 11) is 0. The highest BCUT2D eigenvalue weighted by atomic mass is 16.6. The number of esters is 1. The lowest BCUT2D eigenvalue weighted by Gasteiger charge is -2.62. The second-order valence-electron chi connectivity index (χ2n) is 8.09. The van der Waals surface area contributed by atoms with E-state index < -0.39 is 17.8 Å². The van der Waals surface area contributed by atoms with Gasteiger partial charge in [-0.1, -0.05) is 20.8 Å². The van der Waals surface area contributed by atoms with Crippen molar-refractivity contribution in [1.29, 1.82) is 0 Å². The van der Waals surface area contributed by atoms with Gasteiger partial charge in [0, 0.05) is 17.8 Å². The second-order valence-corrected chi connectivity index (χ2v) is 8.09. The largest absolute Gasteiger partial charge is 0.459 e. The molecule has 114 valence electrons. The SMILES string of the molecule is CC1(C)[C@@H](O)C[C@H](O)[C@]2(C)[C@H]3CC(=O)O[C@]3(C)CC[C@@H]12. The maximum absolute atomic E-state index is 11.8. The van der Waals surface area contributed by atoms with E-state index in [2.05, 4.69) is 20.8 Å². The minimum Gasteiger partial charge on any atom is -0.459 e. The lowest BCUT2D eigenvalue weighted by molar-refractivity contribution is -0.225. The van der Waals surface area contributed by atoms with Crippen molar-refractivity contribution in [3.63, 3.8) is 0 Å². The zero-order valence-corrected chi connectivity index (χ0v) is 12.8. The smallest absolute Gasteiger partial charge is 0.306 e. The van der Waals surface area contributed by atoms with Gasteiger partial charge in [-0.25, -0.2) is 0 Å². The molecule has 1 heterocycles. The maximum atomic E-state index is 11.8. The van der Waals surface area contributed by atoms with Crippen LogP contribution in [0.25, 0.3) is 0 Å². The topological polar surface area (TPSA) is 66.8 Å². The van der Waals surface area contributed by atoms with Crippen LogP contribution in [-0.2, 0) is 9.53 Å². The van der Waals surface area contributed by atoms with E-state index in [1.54, 1.807) is 0 Å². The van der Waals surface area contributed by atoms with Gasteiger partial charge in [-0.15, -0.1) is 0 Å². The molecule has 0 unspecified atom stereocenters. The van der Waals surface area contributed by atoms with Crippen LogP contribution in [0.15, 0.2) is 0 Å². The Labute approximate surface area is 120 Å². The Hall–Kier alpha value is -0.610. The van der Waals surface area contributed by atoms with Crippen molar-refractivity contribution in [3.05, 3.63) is 0 Å². The lowest BCUT2D eigenvalue weighted by atomic mass is 9.44. The molecule has 4 nitrogen and oxygen atoms in total. The Morgan fingerprint density at radius 3 is 2.40 bits per heavy atom. The maximum Gasteiger partial charge on any atom is 0.306 e. The van der Waals surface area contributed by atoms with Crippen LogP contribution in [0, 0.1) is 22.7 Å². The molecule has 1 aliphatic heterocycles. The molecule has 6 atom stereocenters.